The molecule has 0 radical (unpaired) electrons. The summed E-state index contributed by atoms with van der Waals surface area (Å²) in [5.41, 5.74) is 1.49. The summed E-state index contributed by atoms with van der Waals surface area (Å²) in [7, 11) is 0. The van der Waals surface area contributed by atoms with Crippen molar-refractivity contribution in [1.29, 1.82) is 0 Å². The van der Waals surface area contributed by atoms with Gasteiger partial charge in [0.2, 0.25) is 5.91 Å². The highest BCUT2D eigenvalue weighted by Crippen LogP contribution is 2.23. The molecule has 1 N–H and O–H groups in total. The molecule has 0 bridgehead atoms. The smallest absolute Gasteiger partial charge is 0.227 e. The number of nitrogens with one attached hydrogen (secondary N) is 1. The monoisotopic (exact) mass is 370 g/mol. The zero-order valence-corrected chi connectivity index (χ0v) is 16.0. The molecule has 27 heavy (non-hydrogen) atoms. The van der Waals surface area contributed by atoms with Gasteiger partial charge in [0.05, 0.1) is 6.10 Å². The van der Waals surface area contributed by atoms with E-state index < -0.39 is 0 Å². The maximum absolute atomic E-state index is 13.8. The van der Waals surface area contributed by atoms with Crippen LogP contribution in [-0.2, 0) is 11.3 Å². The van der Waals surface area contributed by atoms with Gasteiger partial charge in [-0.05, 0) is 70.1 Å². The Morgan fingerprint density at radius 3 is 2.44 bits per heavy atom. The zero-order valence-electron chi connectivity index (χ0n) is 16.0. The molecule has 144 valence electrons. The van der Waals surface area contributed by atoms with Gasteiger partial charge < -0.3 is 10.1 Å². The molecule has 0 aliphatic carbocycles. The highest BCUT2D eigenvalue weighted by Gasteiger charge is 2.25. The Labute approximate surface area is 160 Å². The van der Waals surface area contributed by atoms with Crippen LogP contribution in [0.3, 0.4) is 0 Å². The van der Waals surface area contributed by atoms with E-state index in [1.807, 2.05) is 50.2 Å². The third-order valence-electron chi connectivity index (χ3n) is 4.80. The van der Waals surface area contributed by atoms with Crippen LogP contribution in [0.25, 0.3) is 0 Å². The Balaban J connectivity index is 1.47. The first-order valence-electron chi connectivity index (χ1n) is 9.54. The number of piperidine rings is 1. The second-order valence-corrected chi connectivity index (χ2v) is 7.32. The number of likely N-dealkylation sites (tertiary alicyclic amines) is 1. The molecule has 1 aliphatic rings. The first-order chi connectivity index (χ1) is 13.0. The van der Waals surface area contributed by atoms with Crippen molar-refractivity contribution in [2.24, 2.45) is 5.92 Å². The van der Waals surface area contributed by atoms with Gasteiger partial charge in [-0.3, -0.25) is 9.69 Å². The lowest BCUT2D eigenvalue weighted by atomic mass is 9.95. The van der Waals surface area contributed by atoms with Crippen LogP contribution in [0.1, 0.15) is 32.3 Å². The first-order valence-corrected chi connectivity index (χ1v) is 9.54. The standard InChI is InChI=1S/C22H27FN2O2/c1-16(2)27-20-9-7-19(8-10-20)24-22(26)17-11-13-25(14-12-17)15-18-5-3-4-6-21(18)23/h3-10,16-17H,11-15H2,1-2H3,(H,24,26). The van der Waals surface area contributed by atoms with E-state index in [1.54, 1.807) is 6.07 Å². The van der Waals surface area contributed by atoms with Crippen LogP contribution in [0.2, 0.25) is 0 Å². The van der Waals surface area contributed by atoms with Crippen LogP contribution in [0.15, 0.2) is 48.5 Å². The number of hydrogen-bond donors (Lipinski definition) is 1. The summed E-state index contributed by atoms with van der Waals surface area (Å²) in [6.07, 6.45) is 1.70. The minimum Gasteiger partial charge on any atom is -0.491 e. The highest BCUT2D eigenvalue weighted by molar-refractivity contribution is 5.92. The fourth-order valence-electron chi connectivity index (χ4n) is 3.35. The van der Waals surface area contributed by atoms with Crippen molar-refractivity contribution >= 4 is 11.6 Å². The van der Waals surface area contributed by atoms with Gasteiger partial charge in [-0.2, -0.15) is 0 Å². The fraction of sp³-hybridized carbons (Fsp3) is 0.409. The number of benzene rings is 2. The second-order valence-electron chi connectivity index (χ2n) is 7.32. The summed E-state index contributed by atoms with van der Waals surface area (Å²) in [6.45, 7) is 6.15. The number of rotatable bonds is 6. The number of halogens is 1. The van der Waals surface area contributed by atoms with E-state index in [0.717, 1.165) is 37.4 Å². The lowest BCUT2D eigenvalue weighted by molar-refractivity contribution is -0.121. The number of nitrogens with zero attached hydrogens (tertiary/aromatic N) is 1. The average molecular weight is 370 g/mol. The molecule has 0 spiro atoms. The van der Waals surface area contributed by atoms with E-state index in [-0.39, 0.29) is 23.7 Å². The molecule has 2 aromatic carbocycles. The first kappa shape index (κ1) is 19.4. The van der Waals surface area contributed by atoms with Crippen LogP contribution in [0.5, 0.6) is 5.75 Å². The molecule has 0 aromatic heterocycles. The molecule has 3 rings (SSSR count). The largest absolute Gasteiger partial charge is 0.491 e. The zero-order chi connectivity index (χ0) is 19.2. The van der Waals surface area contributed by atoms with Crippen molar-refractivity contribution in [2.45, 2.75) is 39.3 Å². The molecule has 1 amide bonds. The molecule has 0 atom stereocenters. The van der Waals surface area contributed by atoms with Crippen LogP contribution in [0, 0.1) is 11.7 Å². The van der Waals surface area contributed by atoms with Crippen LogP contribution < -0.4 is 10.1 Å². The number of amides is 1. The Kier molecular flexibility index (Phi) is 6.45. The minimum absolute atomic E-state index is 0.00605. The Morgan fingerprint density at radius 2 is 1.81 bits per heavy atom. The van der Waals surface area contributed by atoms with Crippen molar-refractivity contribution in [3.05, 3.63) is 59.9 Å². The van der Waals surface area contributed by atoms with Crippen molar-refractivity contribution in [2.75, 3.05) is 18.4 Å². The number of carbonyl (C=O) groups is 1. The fourth-order valence-corrected chi connectivity index (χ4v) is 3.35. The predicted molar refractivity (Wildman–Crippen MR) is 105 cm³/mol. The molecule has 5 heteroatoms. The minimum atomic E-state index is -0.165. The highest BCUT2D eigenvalue weighted by atomic mass is 19.1. The summed E-state index contributed by atoms with van der Waals surface area (Å²) < 4.78 is 19.4. The summed E-state index contributed by atoms with van der Waals surface area (Å²) in [5.74, 6) is 0.679. The van der Waals surface area contributed by atoms with Crippen LogP contribution in [-0.4, -0.2) is 30.0 Å². The Hall–Kier alpha value is -2.40. The quantitative estimate of drug-likeness (QED) is 0.816. The summed E-state index contributed by atoms with van der Waals surface area (Å²) >= 11 is 0. The normalized spacial score (nSPS) is 15.7. The lowest BCUT2D eigenvalue weighted by Crippen LogP contribution is -2.37. The van der Waals surface area contributed by atoms with Gasteiger partial charge in [0.25, 0.3) is 0 Å². The van der Waals surface area contributed by atoms with Gasteiger partial charge >= 0.3 is 0 Å². The summed E-state index contributed by atoms with van der Waals surface area (Å²) in [6, 6.07) is 14.3. The Bertz CT molecular complexity index is 753. The van der Waals surface area contributed by atoms with E-state index in [9.17, 15) is 9.18 Å². The van der Waals surface area contributed by atoms with Gasteiger partial charge in [0.15, 0.2) is 0 Å². The third kappa shape index (κ3) is 5.54. The number of hydrogen-bond acceptors (Lipinski definition) is 3. The van der Waals surface area contributed by atoms with Gasteiger partial charge in [-0.1, -0.05) is 18.2 Å². The van der Waals surface area contributed by atoms with Crippen molar-refractivity contribution in [3.8, 4) is 5.75 Å². The molecule has 0 saturated carbocycles. The molecule has 2 aromatic rings. The Morgan fingerprint density at radius 1 is 1.15 bits per heavy atom. The van der Waals surface area contributed by atoms with Gasteiger partial charge in [-0.25, -0.2) is 4.39 Å². The number of ether oxygens (including phenoxy) is 1. The van der Waals surface area contributed by atoms with Crippen LogP contribution in [0.4, 0.5) is 10.1 Å². The topological polar surface area (TPSA) is 41.6 Å². The third-order valence-corrected chi connectivity index (χ3v) is 4.80. The summed E-state index contributed by atoms with van der Waals surface area (Å²) in [4.78, 5) is 14.7. The van der Waals surface area contributed by atoms with E-state index in [0.29, 0.717) is 12.1 Å². The maximum atomic E-state index is 13.8. The molecule has 0 unspecified atom stereocenters. The molecular formula is C22H27FN2O2. The molecule has 1 heterocycles. The molecule has 1 fully saturated rings. The van der Waals surface area contributed by atoms with Gasteiger partial charge in [-0.15, -0.1) is 0 Å². The lowest BCUT2D eigenvalue weighted by Gasteiger charge is -2.31. The molecule has 4 nitrogen and oxygen atoms in total. The van der Waals surface area contributed by atoms with Gasteiger partial charge in [0, 0.05) is 23.7 Å². The van der Waals surface area contributed by atoms with Gasteiger partial charge in [0.1, 0.15) is 11.6 Å². The summed E-state index contributed by atoms with van der Waals surface area (Å²) in [5, 5.41) is 2.99. The average Bonchev–Trinajstić information content (AvgIpc) is 2.65. The SMILES string of the molecule is CC(C)Oc1ccc(NC(=O)C2CCN(Cc3ccccc3F)CC2)cc1. The number of anilines is 1. The van der Waals surface area contributed by atoms with E-state index in [4.69, 9.17) is 4.74 Å². The molecule has 1 saturated heterocycles. The van der Waals surface area contributed by atoms with Crippen molar-refractivity contribution < 1.29 is 13.9 Å². The molecular weight excluding hydrogens is 343 g/mol. The van der Waals surface area contributed by atoms with Crippen molar-refractivity contribution in [1.82, 2.24) is 4.90 Å². The van der Waals surface area contributed by atoms with Crippen molar-refractivity contribution in [3.63, 3.8) is 0 Å². The molecule has 1 aliphatic heterocycles. The number of carbonyl (C=O) groups excluding carboxylic acids is 1. The predicted octanol–water partition coefficient (Wildman–Crippen LogP) is 4.46. The van der Waals surface area contributed by atoms with E-state index in [2.05, 4.69) is 10.2 Å². The maximum Gasteiger partial charge on any atom is 0.227 e. The second kappa shape index (κ2) is 9.00. The van der Waals surface area contributed by atoms with Crippen LogP contribution >= 0.6 is 0 Å². The van der Waals surface area contributed by atoms with E-state index >= 15 is 0 Å². The van der Waals surface area contributed by atoms with E-state index in [1.165, 1.54) is 6.07 Å².